The zero-order chi connectivity index (χ0) is 84.6. The number of sulfone groups is 3. The van der Waals surface area contributed by atoms with Gasteiger partial charge in [-0.15, -0.1) is 0 Å². The number of nitrogen functional groups attached to an aromatic ring is 2. The minimum Gasteiger partial charge on any atom is -0.497 e. The molecular formula is C76H101ClN16O16S3. The Kier molecular flexibility index (Phi) is 34.3. The van der Waals surface area contributed by atoms with E-state index in [9.17, 15) is 49.5 Å². The first-order chi connectivity index (χ1) is 52.4. The van der Waals surface area contributed by atoms with E-state index in [1.165, 1.54) is 0 Å². The lowest BCUT2D eigenvalue weighted by atomic mass is 10.1. The molecule has 0 radical (unpaired) electrons. The molecule has 0 spiro atoms. The molecule has 13 N–H and O–H groups in total. The van der Waals surface area contributed by atoms with Crippen LogP contribution in [0.5, 0.6) is 0 Å². The van der Waals surface area contributed by atoms with Gasteiger partial charge in [0.05, 0.1) is 115 Å². The van der Waals surface area contributed by atoms with E-state index in [-0.39, 0.29) is 51.7 Å². The lowest BCUT2D eigenvalue weighted by Crippen LogP contribution is -2.27. The summed E-state index contributed by atoms with van der Waals surface area (Å²) in [4.78, 5) is 68.2. The van der Waals surface area contributed by atoms with Crippen molar-refractivity contribution in [3.63, 3.8) is 0 Å². The van der Waals surface area contributed by atoms with E-state index in [2.05, 4.69) is 72.4 Å². The number of benzene rings is 3. The van der Waals surface area contributed by atoms with Crippen LogP contribution >= 0.6 is 11.6 Å². The summed E-state index contributed by atoms with van der Waals surface area (Å²) in [5.74, 6) is 7.79. The molecule has 0 saturated carbocycles. The number of anilines is 4. The van der Waals surface area contributed by atoms with Gasteiger partial charge >= 0.3 is 23.9 Å². The number of hydrogen-bond donors (Lipinski definition) is 9. The number of nitrogens with one attached hydrogen (secondary N) is 4. The zero-order valence-corrected chi connectivity index (χ0v) is 69.6. The van der Waals surface area contributed by atoms with Crippen LogP contribution in [0.25, 0.3) is 32.7 Å². The Hall–Kier alpha value is -10.7. The van der Waals surface area contributed by atoms with Crippen molar-refractivity contribution in [2.24, 2.45) is 21.7 Å². The predicted molar refractivity (Wildman–Crippen MR) is 434 cm³/mol. The Labute approximate surface area is 658 Å². The summed E-state index contributed by atoms with van der Waals surface area (Å²) in [7, 11) is -10.4. The number of hydrogen-bond acceptors (Lipinski definition) is 30. The average Bonchev–Trinajstić information content (AvgIpc) is 1.54. The van der Waals surface area contributed by atoms with Gasteiger partial charge in [-0.25, -0.2) is 44.4 Å². The summed E-state index contributed by atoms with van der Waals surface area (Å²) in [6, 6.07) is 21.6. The van der Waals surface area contributed by atoms with Crippen LogP contribution < -0.4 is 33.8 Å². The molecular weight excluding hydrogens is 1520 g/mol. The third-order valence-corrected chi connectivity index (χ3v) is 24.0. The van der Waals surface area contributed by atoms with E-state index in [4.69, 9.17) is 47.3 Å². The van der Waals surface area contributed by atoms with Gasteiger partial charge in [0, 0.05) is 51.7 Å². The summed E-state index contributed by atoms with van der Waals surface area (Å²) in [6.07, 6.45) is 4.88. The van der Waals surface area contributed by atoms with Crippen LogP contribution in [0, 0.1) is 25.2 Å². The molecule has 0 aliphatic carbocycles. The van der Waals surface area contributed by atoms with Gasteiger partial charge in [0.15, 0.2) is 46.7 Å². The van der Waals surface area contributed by atoms with Crippen LogP contribution in [0.2, 0.25) is 5.02 Å². The molecule has 0 saturated heterocycles. The number of allylic oxidation sites excluding steroid dienone is 1. The van der Waals surface area contributed by atoms with Crippen molar-refractivity contribution in [3.05, 3.63) is 153 Å². The van der Waals surface area contributed by atoms with Gasteiger partial charge in [0.1, 0.15) is 40.2 Å². The van der Waals surface area contributed by atoms with E-state index < -0.39 is 67.6 Å². The molecule has 7 heterocycles. The number of fused-ring (bicyclic) bond motifs is 3. The first-order valence-electron chi connectivity index (χ1n) is 35.0. The number of carbonyl (C=O) groups is 4. The van der Waals surface area contributed by atoms with Crippen LogP contribution in [0.3, 0.4) is 0 Å². The van der Waals surface area contributed by atoms with Crippen molar-refractivity contribution in [2.75, 3.05) is 74.8 Å². The minimum atomic E-state index is -3.52. The second-order valence-corrected chi connectivity index (χ2v) is 35.6. The standard InChI is InChI=1S/C21H25N3O4S.C19H23N3O3S.C13H14ClNO2S.C9H13NO3.2C7H11N3O2.H4N2/c1-6-28-20(25)18-13(2)12-23-19(18)24-17-9-10-22-16-8-7-14(11-15(16)17)29(26,27)21(3,4)5;1-12-10-21-18(15(12)11-23)22-17-7-8-20-16-6-5-13(9-14(16)17)26(24,25)19(2,3)4;1-13(2,3)18(16,17)9-4-5-12-10(8-9)11(14)6-7-15-12;1-4-12-7(3)8(6-10)9(11)13-5-2;2*1-3-12-7(11)5-4(2)9-10-6(5)8;1-2/h7-11H,6,12H2,1-5H3,(H,22,23,24);5-9,23H,10-11H2,1-4H3,(H,20,21,22);4-8H,1-3H3;4-5H2,1-3H3;2*3H2,1-2H3,(H3,8,9,10);1-2H2/b;;;8-7+;;;. The van der Waals surface area contributed by atoms with Gasteiger partial charge in [0.2, 0.25) is 0 Å². The van der Waals surface area contributed by atoms with Gasteiger partial charge in [-0.1, -0.05) is 11.6 Å². The maximum atomic E-state index is 12.9. The number of pyridine rings is 3. The molecule has 0 amide bonds. The van der Waals surface area contributed by atoms with Gasteiger partial charge in [-0.3, -0.25) is 46.8 Å². The fraction of sp³-hybridized carbons (Fsp3) is 0.395. The summed E-state index contributed by atoms with van der Waals surface area (Å²) in [5, 5.41) is 39.6. The lowest BCUT2D eigenvalue weighted by Gasteiger charge is -2.20. The SMILES string of the molecule is CC(C)(C)S(=O)(=O)c1ccc2nccc(Cl)c2c1.CC1=C(CO)C(Nc2ccnc3ccc(S(=O)(=O)C(C)(C)C)cc23)=NC1.CCOC(=O)/C(C#N)=C(\C)OCC.CCOC(=O)C1=C(C)CN=C1Nc1ccnc2ccc(S(=O)(=O)C(C)(C)C)cc12.CCOC(=O)c1c(N)n[nH]c1C.CCOC(=O)c1c(N)n[nH]c1C.NN. The molecule has 10 rings (SSSR count). The van der Waals surface area contributed by atoms with Gasteiger partial charge in [0.25, 0.3) is 0 Å². The fourth-order valence-electron chi connectivity index (χ4n) is 10.0. The number of nitrogens with zero attached hydrogens (tertiary/aromatic N) is 8. The monoisotopic (exact) mass is 1620 g/mol. The van der Waals surface area contributed by atoms with Gasteiger partial charge in [-0.05, 0) is 215 Å². The highest BCUT2D eigenvalue weighted by atomic mass is 35.5. The number of rotatable bonds is 16. The van der Waals surface area contributed by atoms with Crippen molar-refractivity contribution in [2.45, 2.75) is 160 Å². The van der Waals surface area contributed by atoms with E-state index in [1.807, 2.05) is 13.8 Å². The molecule has 606 valence electrons. The number of aliphatic hydroxyl groups is 1. The second-order valence-electron chi connectivity index (χ2n) is 27.1. The van der Waals surface area contributed by atoms with E-state index >= 15 is 0 Å². The normalized spacial score (nSPS) is 13.0. The summed E-state index contributed by atoms with van der Waals surface area (Å²) >= 11 is 6.06. The Morgan fingerprint density at radius 3 is 1.26 bits per heavy atom. The van der Waals surface area contributed by atoms with Crippen molar-refractivity contribution in [1.29, 1.82) is 5.26 Å². The molecule has 112 heavy (non-hydrogen) atoms. The predicted octanol–water partition coefficient (Wildman–Crippen LogP) is 11.1. The first-order valence-corrected chi connectivity index (χ1v) is 39.8. The highest BCUT2D eigenvalue weighted by Gasteiger charge is 2.34. The quantitative estimate of drug-likeness (QED) is 0.00825. The van der Waals surface area contributed by atoms with Crippen molar-refractivity contribution < 1.29 is 73.2 Å². The summed E-state index contributed by atoms with van der Waals surface area (Å²) < 4.78 is 97.7. The zero-order valence-electron chi connectivity index (χ0n) is 66.4. The first kappa shape index (κ1) is 93.6. The highest BCUT2D eigenvalue weighted by molar-refractivity contribution is 7.93. The number of esters is 4. The lowest BCUT2D eigenvalue weighted by molar-refractivity contribution is -0.139. The number of aromatic amines is 2. The maximum Gasteiger partial charge on any atom is 0.352 e. The molecule has 0 fully saturated rings. The van der Waals surface area contributed by atoms with Crippen molar-refractivity contribution >= 4 is 132 Å². The van der Waals surface area contributed by atoms with Crippen LogP contribution in [-0.4, -0.2) is 168 Å². The number of hydrazine groups is 1. The largest absolute Gasteiger partial charge is 0.497 e. The number of aryl methyl sites for hydroxylation is 2. The third kappa shape index (κ3) is 23.4. The van der Waals surface area contributed by atoms with Gasteiger partial charge in [-0.2, -0.15) is 15.5 Å². The van der Waals surface area contributed by atoms with E-state index in [1.54, 1.807) is 215 Å². The average molecular weight is 1630 g/mol. The number of aromatic nitrogens is 7. The minimum absolute atomic E-state index is 0.0660. The van der Waals surface area contributed by atoms with Crippen molar-refractivity contribution in [1.82, 2.24) is 35.3 Å². The molecule has 0 bridgehead atoms. The fourth-order valence-corrected chi connectivity index (χ4v) is 13.9. The molecule has 32 nitrogen and oxygen atoms in total. The molecule has 0 unspecified atom stereocenters. The number of ether oxygens (including phenoxy) is 5. The number of aliphatic hydroxyl groups excluding tert-OH is 1. The van der Waals surface area contributed by atoms with E-state index in [0.29, 0.717) is 128 Å². The topological polar surface area (TPSA) is 510 Å². The maximum absolute atomic E-state index is 12.9. The van der Waals surface area contributed by atoms with Gasteiger partial charge < -0.3 is 50.9 Å². The third-order valence-electron chi connectivity index (χ3n) is 16.2. The second kappa shape index (κ2) is 41.0. The Morgan fingerprint density at radius 2 is 0.893 bits per heavy atom. The number of aliphatic imine (C=N–C) groups is 2. The van der Waals surface area contributed by atoms with E-state index in [0.717, 1.165) is 16.7 Å². The smallest absolute Gasteiger partial charge is 0.352 e. The number of H-pyrrole nitrogens is 2. The number of nitrogens with two attached hydrogens (primary N) is 4. The summed E-state index contributed by atoms with van der Waals surface area (Å²) in [5.41, 5.74) is 19.1. The number of carbonyl (C=O) groups excluding carboxylic acids is 4. The van der Waals surface area contributed by atoms with Crippen LogP contribution in [0.1, 0.15) is 150 Å². The number of halogens is 1. The Morgan fingerprint density at radius 1 is 0.536 bits per heavy atom. The molecule has 5 aromatic heterocycles. The Bertz CT molecular complexity index is 5200. The van der Waals surface area contributed by atoms with Crippen LogP contribution in [0.15, 0.2) is 150 Å². The molecule has 2 aliphatic heterocycles. The molecule has 2 aliphatic rings. The molecule has 36 heteroatoms. The summed E-state index contributed by atoms with van der Waals surface area (Å²) in [6.45, 7) is 35.0. The van der Waals surface area contributed by atoms with Crippen LogP contribution in [-0.2, 0) is 62.8 Å². The molecule has 3 aromatic carbocycles. The number of nitriles is 1. The number of amidine groups is 2. The Balaban J connectivity index is 0.000000292. The molecule has 0 atom stereocenters. The van der Waals surface area contributed by atoms with Crippen molar-refractivity contribution in [3.8, 4) is 6.07 Å². The van der Waals surface area contributed by atoms with Crippen LogP contribution in [0.4, 0.5) is 23.0 Å². The highest BCUT2D eigenvalue weighted by Crippen LogP contribution is 2.35. The molecule has 8 aromatic rings.